The topological polar surface area (TPSA) is 23.6 Å². The molecule has 3 rings (SSSR count). The van der Waals surface area contributed by atoms with Crippen molar-refractivity contribution >= 4 is 29.3 Å². The number of carbonyl (C=O) groups is 1. The van der Waals surface area contributed by atoms with Crippen LogP contribution < -0.4 is 0 Å². The second-order valence-electron chi connectivity index (χ2n) is 6.07. The van der Waals surface area contributed by atoms with Crippen LogP contribution >= 0.6 is 23.4 Å². The number of benzene rings is 1. The molecule has 2 heterocycles. The molecule has 0 saturated carbocycles. The Kier molecular flexibility index (Phi) is 5.66. The average molecular weight is 339 g/mol. The summed E-state index contributed by atoms with van der Waals surface area (Å²) in [5.41, 5.74) is 1.16. The van der Waals surface area contributed by atoms with Gasteiger partial charge in [-0.2, -0.15) is 11.8 Å². The largest absolute Gasteiger partial charge is 0.338 e. The zero-order valence-electron chi connectivity index (χ0n) is 12.8. The number of rotatable bonds is 3. The average Bonchev–Trinajstić information content (AvgIpc) is 2.73. The monoisotopic (exact) mass is 338 g/mol. The number of nitrogens with zero attached hydrogens (tertiary/aromatic N) is 2. The summed E-state index contributed by atoms with van der Waals surface area (Å²) in [6.07, 6.45) is 2.80. The van der Waals surface area contributed by atoms with Crippen molar-refractivity contribution in [1.29, 1.82) is 0 Å². The number of halogens is 1. The highest BCUT2D eigenvalue weighted by molar-refractivity contribution is 7.99. The van der Waals surface area contributed by atoms with Gasteiger partial charge in [-0.05, 0) is 30.5 Å². The van der Waals surface area contributed by atoms with Crippen LogP contribution in [0, 0.1) is 0 Å². The van der Waals surface area contributed by atoms with Crippen LogP contribution in [0.4, 0.5) is 0 Å². The van der Waals surface area contributed by atoms with Gasteiger partial charge in [0.05, 0.1) is 0 Å². The van der Waals surface area contributed by atoms with E-state index in [-0.39, 0.29) is 0 Å². The minimum Gasteiger partial charge on any atom is -0.338 e. The maximum absolute atomic E-state index is 12.4. The van der Waals surface area contributed by atoms with Crippen LogP contribution in [0.3, 0.4) is 0 Å². The van der Waals surface area contributed by atoms with Crippen molar-refractivity contribution in [3.8, 4) is 0 Å². The second-order valence-corrected chi connectivity index (χ2v) is 7.73. The van der Waals surface area contributed by atoms with E-state index in [1.807, 2.05) is 40.9 Å². The zero-order chi connectivity index (χ0) is 15.4. The van der Waals surface area contributed by atoms with Gasteiger partial charge in [0.25, 0.3) is 0 Å². The Morgan fingerprint density at radius 2 is 1.82 bits per heavy atom. The summed E-state index contributed by atoms with van der Waals surface area (Å²) in [5.74, 6) is 2.77. The molecule has 3 nitrogen and oxygen atoms in total. The predicted molar refractivity (Wildman–Crippen MR) is 93.4 cm³/mol. The fourth-order valence-corrected chi connectivity index (χ4v) is 4.36. The Morgan fingerprint density at radius 1 is 1.09 bits per heavy atom. The van der Waals surface area contributed by atoms with E-state index in [1.165, 1.54) is 24.6 Å². The van der Waals surface area contributed by atoms with E-state index >= 15 is 0 Å². The summed E-state index contributed by atoms with van der Waals surface area (Å²) in [6.45, 7) is 3.94. The summed E-state index contributed by atoms with van der Waals surface area (Å²) in [5, 5.41) is 0.744. The van der Waals surface area contributed by atoms with Crippen molar-refractivity contribution in [1.82, 2.24) is 9.80 Å². The van der Waals surface area contributed by atoms with Gasteiger partial charge in [-0.3, -0.25) is 9.69 Å². The molecule has 1 aromatic carbocycles. The van der Waals surface area contributed by atoms with Crippen molar-refractivity contribution in [3.05, 3.63) is 34.9 Å². The highest BCUT2D eigenvalue weighted by Crippen LogP contribution is 2.22. The lowest BCUT2D eigenvalue weighted by molar-refractivity contribution is -0.131. The SMILES string of the molecule is O=C1CCC(N2CCSCC2)CCN1Cc1ccc(Cl)cc1. The van der Waals surface area contributed by atoms with E-state index in [0.717, 1.165) is 30.0 Å². The predicted octanol–water partition coefficient (Wildman–Crippen LogP) is 3.27. The van der Waals surface area contributed by atoms with Gasteiger partial charge in [-0.1, -0.05) is 23.7 Å². The minimum absolute atomic E-state index is 0.295. The van der Waals surface area contributed by atoms with E-state index in [2.05, 4.69) is 4.90 Å². The molecule has 22 heavy (non-hydrogen) atoms. The van der Waals surface area contributed by atoms with Crippen molar-refractivity contribution in [2.45, 2.75) is 31.8 Å². The van der Waals surface area contributed by atoms with Gasteiger partial charge in [0.15, 0.2) is 0 Å². The third-order valence-electron chi connectivity index (χ3n) is 4.63. The second kappa shape index (κ2) is 7.71. The quantitative estimate of drug-likeness (QED) is 0.845. The molecule has 1 amide bonds. The lowest BCUT2D eigenvalue weighted by Gasteiger charge is -2.33. The van der Waals surface area contributed by atoms with Gasteiger partial charge in [0.2, 0.25) is 5.91 Å². The van der Waals surface area contributed by atoms with Gasteiger partial charge >= 0.3 is 0 Å². The number of hydrogen-bond donors (Lipinski definition) is 0. The van der Waals surface area contributed by atoms with Crippen LogP contribution in [0.25, 0.3) is 0 Å². The molecule has 1 atom stereocenters. The zero-order valence-corrected chi connectivity index (χ0v) is 14.4. The highest BCUT2D eigenvalue weighted by atomic mass is 35.5. The molecule has 2 aliphatic heterocycles. The Hall–Kier alpha value is -0.710. The van der Waals surface area contributed by atoms with E-state index in [1.54, 1.807) is 0 Å². The third kappa shape index (κ3) is 4.18. The molecule has 120 valence electrons. The summed E-state index contributed by atoms with van der Waals surface area (Å²) < 4.78 is 0. The first-order valence-corrected chi connectivity index (χ1v) is 9.59. The molecule has 1 unspecified atom stereocenters. The number of hydrogen-bond acceptors (Lipinski definition) is 3. The maximum Gasteiger partial charge on any atom is 0.222 e. The van der Waals surface area contributed by atoms with Gasteiger partial charge in [0, 0.05) is 55.2 Å². The molecule has 2 aliphatic rings. The lowest BCUT2D eigenvalue weighted by Crippen LogP contribution is -2.41. The Morgan fingerprint density at radius 3 is 2.55 bits per heavy atom. The molecule has 1 aromatic rings. The first-order chi connectivity index (χ1) is 10.7. The lowest BCUT2D eigenvalue weighted by atomic mass is 10.1. The minimum atomic E-state index is 0.295. The van der Waals surface area contributed by atoms with Crippen LogP contribution in [0.1, 0.15) is 24.8 Å². The smallest absolute Gasteiger partial charge is 0.222 e. The van der Waals surface area contributed by atoms with Crippen molar-refractivity contribution in [2.24, 2.45) is 0 Å². The van der Waals surface area contributed by atoms with Gasteiger partial charge in [-0.15, -0.1) is 0 Å². The van der Waals surface area contributed by atoms with E-state index in [9.17, 15) is 4.79 Å². The van der Waals surface area contributed by atoms with Crippen LogP contribution in [-0.2, 0) is 11.3 Å². The fraction of sp³-hybridized carbons (Fsp3) is 0.588. The third-order valence-corrected chi connectivity index (χ3v) is 5.82. The van der Waals surface area contributed by atoms with E-state index in [0.29, 0.717) is 24.9 Å². The Balaban J connectivity index is 1.59. The summed E-state index contributed by atoms with van der Waals surface area (Å²) in [6, 6.07) is 8.40. The molecule has 0 bridgehead atoms. The summed E-state index contributed by atoms with van der Waals surface area (Å²) in [7, 11) is 0. The molecule has 2 fully saturated rings. The Bertz CT molecular complexity index is 502. The fourth-order valence-electron chi connectivity index (χ4n) is 3.31. The number of likely N-dealkylation sites (tertiary alicyclic amines) is 1. The first-order valence-electron chi connectivity index (χ1n) is 8.06. The van der Waals surface area contributed by atoms with Crippen LogP contribution in [0.15, 0.2) is 24.3 Å². The molecule has 0 N–H and O–H groups in total. The molecule has 0 aliphatic carbocycles. The first kappa shape index (κ1) is 16.2. The van der Waals surface area contributed by atoms with Crippen LogP contribution in [0.2, 0.25) is 5.02 Å². The van der Waals surface area contributed by atoms with Crippen molar-refractivity contribution < 1.29 is 4.79 Å². The number of carbonyl (C=O) groups excluding carboxylic acids is 1. The summed E-state index contributed by atoms with van der Waals surface area (Å²) >= 11 is 7.97. The van der Waals surface area contributed by atoms with Crippen molar-refractivity contribution in [2.75, 3.05) is 31.1 Å². The van der Waals surface area contributed by atoms with Crippen molar-refractivity contribution in [3.63, 3.8) is 0 Å². The molecule has 0 aromatic heterocycles. The highest BCUT2D eigenvalue weighted by Gasteiger charge is 2.27. The molecular weight excluding hydrogens is 316 g/mol. The van der Waals surface area contributed by atoms with Gasteiger partial charge in [0.1, 0.15) is 0 Å². The molecule has 2 saturated heterocycles. The molecule has 0 radical (unpaired) electrons. The molecule has 0 spiro atoms. The van der Waals surface area contributed by atoms with E-state index < -0.39 is 0 Å². The Labute approximate surface area is 142 Å². The maximum atomic E-state index is 12.4. The molecule has 5 heteroatoms. The van der Waals surface area contributed by atoms with E-state index in [4.69, 9.17) is 11.6 Å². The van der Waals surface area contributed by atoms with Crippen LogP contribution in [0.5, 0.6) is 0 Å². The molecular formula is C17H23ClN2OS. The van der Waals surface area contributed by atoms with Crippen LogP contribution in [-0.4, -0.2) is 52.9 Å². The normalized spacial score (nSPS) is 24.3. The standard InChI is InChI=1S/C17H23ClN2OS/c18-15-3-1-14(2-4-15)13-20-8-7-16(5-6-17(20)21)19-9-11-22-12-10-19/h1-4,16H,5-13H2. The number of thioether (sulfide) groups is 1. The number of amides is 1. The van der Waals surface area contributed by atoms with Gasteiger partial charge < -0.3 is 4.90 Å². The van der Waals surface area contributed by atoms with Gasteiger partial charge in [-0.25, -0.2) is 0 Å². The summed E-state index contributed by atoms with van der Waals surface area (Å²) in [4.78, 5) is 17.0.